The number of carbonyl (C=O) groups is 2. The van der Waals surface area contributed by atoms with Gasteiger partial charge in [0.15, 0.2) is 5.82 Å². The Balaban J connectivity index is 1.11. The van der Waals surface area contributed by atoms with E-state index in [1.54, 1.807) is 11.1 Å². The molecule has 0 saturated carbocycles. The standard InChI is InChI=1S/C28H28F3N5O3/c29-28(30,31)39-24-4-1-3-21(17-24)27(38)35-14-10-20(11-15-35)19-6-8-23(9-7-19)33-26(37)22-12-16-36(18-22)25-5-2-13-32-34-25/h1-9,13,17,20,22H,10-12,14-16,18H2,(H,33,37). The fourth-order valence-electron chi connectivity index (χ4n) is 5.15. The molecule has 1 aromatic heterocycles. The van der Waals surface area contributed by atoms with Crippen molar-refractivity contribution in [2.24, 2.45) is 5.92 Å². The predicted octanol–water partition coefficient (Wildman–Crippen LogP) is 4.86. The van der Waals surface area contributed by atoms with Gasteiger partial charge in [-0.2, -0.15) is 5.10 Å². The molecule has 2 saturated heterocycles. The maximum absolute atomic E-state index is 12.9. The average molecular weight is 540 g/mol. The fraction of sp³-hybridized carbons (Fsp3) is 0.357. The number of nitrogens with one attached hydrogen (secondary N) is 1. The highest BCUT2D eigenvalue weighted by atomic mass is 19.4. The highest BCUT2D eigenvalue weighted by Gasteiger charge is 2.32. The van der Waals surface area contributed by atoms with Gasteiger partial charge in [-0.1, -0.05) is 18.2 Å². The molecular weight excluding hydrogens is 511 g/mol. The van der Waals surface area contributed by atoms with Gasteiger partial charge in [0.2, 0.25) is 5.91 Å². The van der Waals surface area contributed by atoms with Crippen LogP contribution in [0, 0.1) is 5.92 Å². The first-order valence-electron chi connectivity index (χ1n) is 12.8. The molecule has 2 amide bonds. The van der Waals surface area contributed by atoms with Crippen molar-refractivity contribution in [1.82, 2.24) is 15.1 Å². The molecule has 11 heteroatoms. The van der Waals surface area contributed by atoms with E-state index in [9.17, 15) is 22.8 Å². The number of halogens is 3. The average Bonchev–Trinajstić information content (AvgIpc) is 3.44. The monoisotopic (exact) mass is 539 g/mol. The fourth-order valence-corrected chi connectivity index (χ4v) is 5.15. The molecule has 3 heterocycles. The zero-order valence-corrected chi connectivity index (χ0v) is 21.1. The highest BCUT2D eigenvalue weighted by molar-refractivity contribution is 5.95. The number of hydrogen-bond acceptors (Lipinski definition) is 6. The Kier molecular flexibility index (Phi) is 7.67. The lowest BCUT2D eigenvalue weighted by Gasteiger charge is -2.32. The first-order chi connectivity index (χ1) is 18.7. The van der Waals surface area contributed by atoms with Gasteiger partial charge in [0.25, 0.3) is 5.91 Å². The van der Waals surface area contributed by atoms with E-state index in [2.05, 4.69) is 25.2 Å². The molecule has 2 aromatic carbocycles. The van der Waals surface area contributed by atoms with Crippen LogP contribution in [-0.4, -0.2) is 59.5 Å². The Labute approximate surface area is 223 Å². The number of nitrogens with zero attached hydrogens (tertiary/aromatic N) is 4. The van der Waals surface area contributed by atoms with Gasteiger partial charge in [-0.3, -0.25) is 9.59 Å². The lowest BCUT2D eigenvalue weighted by molar-refractivity contribution is -0.274. The molecule has 2 aliphatic heterocycles. The zero-order chi connectivity index (χ0) is 27.4. The first kappa shape index (κ1) is 26.5. The quantitative estimate of drug-likeness (QED) is 0.482. The van der Waals surface area contributed by atoms with Crippen LogP contribution < -0.4 is 15.0 Å². The zero-order valence-electron chi connectivity index (χ0n) is 21.1. The summed E-state index contributed by atoms with van der Waals surface area (Å²) in [5.41, 5.74) is 2.02. The van der Waals surface area contributed by atoms with Gasteiger partial charge in [0, 0.05) is 43.6 Å². The van der Waals surface area contributed by atoms with Crippen LogP contribution in [0.1, 0.15) is 41.1 Å². The van der Waals surface area contributed by atoms with Gasteiger partial charge in [-0.25, -0.2) is 0 Å². The number of amides is 2. The molecule has 39 heavy (non-hydrogen) atoms. The molecule has 3 aromatic rings. The largest absolute Gasteiger partial charge is 0.573 e. The third kappa shape index (κ3) is 6.65. The minimum Gasteiger partial charge on any atom is -0.406 e. The van der Waals surface area contributed by atoms with Crippen molar-refractivity contribution in [1.29, 1.82) is 0 Å². The Morgan fingerprint density at radius 2 is 1.72 bits per heavy atom. The van der Waals surface area contributed by atoms with E-state index in [0.717, 1.165) is 48.9 Å². The number of benzene rings is 2. The van der Waals surface area contributed by atoms with Crippen molar-refractivity contribution in [3.8, 4) is 5.75 Å². The molecule has 0 radical (unpaired) electrons. The van der Waals surface area contributed by atoms with E-state index in [-0.39, 0.29) is 29.2 Å². The second-order valence-electron chi connectivity index (χ2n) is 9.77. The van der Waals surface area contributed by atoms with Crippen LogP contribution in [0.2, 0.25) is 0 Å². The number of likely N-dealkylation sites (tertiary alicyclic amines) is 1. The third-order valence-corrected chi connectivity index (χ3v) is 7.19. The lowest BCUT2D eigenvalue weighted by atomic mass is 9.89. The van der Waals surface area contributed by atoms with Crippen molar-refractivity contribution >= 4 is 23.3 Å². The van der Waals surface area contributed by atoms with E-state index >= 15 is 0 Å². The van der Waals surface area contributed by atoms with Crippen molar-refractivity contribution in [2.75, 3.05) is 36.4 Å². The van der Waals surface area contributed by atoms with E-state index in [1.807, 2.05) is 36.4 Å². The van der Waals surface area contributed by atoms with Gasteiger partial charge in [-0.15, -0.1) is 18.3 Å². The summed E-state index contributed by atoms with van der Waals surface area (Å²) in [7, 11) is 0. The topological polar surface area (TPSA) is 87.7 Å². The number of alkyl halides is 3. The van der Waals surface area contributed by atoms with Crippen LogP contribution in [-0.2, 0) is 4.79 Å². The second kappa shape index (κ2) is 11.3. The number of piperidine rings is 1. The molecule has 0 bridgehead atoms. The van der Waals surface area contributed by atoms with Crippen LogP contribution in [0.3, 0.4) is 0 Å². The summed E-state index contributed by atoms with van der Waals surface area (Å²) in [5, 5.41) is 11.0. The van der Waals surface area contributed by atoms with Gasteiger partial charge >= 0.3 is 6.36 Å². The normalized spacial score (nSPS) is 18.2. The molecule has 1 N–H and O–H groups in total. The summed E-state index contributed by atoms with van der Waals surface area (Å²) in [4.78, 5) is 29.4. The molecule has 1 unspecified atom stereocenters. The molecule has 2 aliphatic rings. The summed E-state index contributed by atoms with van der Waals surface area (Å²) in [6.07, 6.45) is -0.977. The van der Waals surface area contributed by atoms with E-state index < -0.39 is 12.1 Å². The molecule has 1 atom stereocenters. The number of anilines is 2. The first-order valence-corrected chi connectivity index (χ1v) is 12.8. The van der Waals surface area contributed by atoms with Crippen molar-refractivity contribution < 1.29 is 27.5 Å². The minimum absolute atomic E-state index is 0.0225. The Hall–Kier alpha value is -4.15. The van der Waals surface area contributed by atoms with Gasteiger partial charge < -0.3 is 19.9 Å². The molecule has 5 rings (SSSR count). The Morgan fingerprint density at radius 1 is 0.949 bits per heavy atom. The predicted molar refractivity (Wildman–Crippen MR) is 138 cm³/mol. The van der Waals surface area contributed by atoms with Crippen LogP contribution in [0.5, 0.6) is 5.75 Å². The minimum atomic E-state index is -4.81. The van der Waals surface area contributed by atoms with Gasteiger partial charge in [0.1, 0.15) is 5.75 Å². The van der Waals surface area contributed by atoms with E-state index in [4.69, 9.17) is 0 Å². The molecule has 0 aliphatic carbocycles. The number of carbonyl (C=O) groups excluding carboxylic acids is 2. The number of hydrogen-bond donors (Lipinski definition) is 1. The maximum atomic E-state index is 12.9. The van der Waals surface area contributed by atoms with Gasteiger partial charge in [-0.05, 0) is 73.2 Å². The Bertz CT molecular complexity index is 1300. The summed E-state index contributed by atoms with van der Waals surface area (Å²) >= 11 is 0. The molecule has 8 nitrogen and oxygen atoms in total. The molecule has 204 valence electrons. The van der Waals surface area contributed by atoms with Crippen LogP contribution >= 0.6 is 0 Å². The van der Waals surface area contributed by atoms with Crippen LogP contribution in [0.15, 0.2) is 66.9 Å². The maximum Gasteiger partial charge on any atom is 0.573 e. The Morgan fingerprint density at radius 3 is 2.41 bits per heavy atom. The van der Waals surface area contributed by atoms with Crippen molar-refractivity contribution in [3.05, 3.63) is 78.0 Å². The molecular formula is C28H28F3N5O3. The number of rotatable bonds is 6. The number of ether oxygens (including phenoxy) is 1. The summed E-state index contributed by atoms with van der Waals surface area (Å²) in [5.74, 6) is 0.137. The second-order valence-corrected chi connectivity index (χ2v) is 9.77. The van der Waals surface area contributed by atoms with Crippen LogP contribution in [0.25, 0.3) is 0 Å². The molecule has 2 fully saturated rings. The van der Waals surface area contributed by atoms with Gasteiger partial charge in [0.05, 0.1) is 5.92 Å². The summed E-state index contributed by atoms with van der Waals surface area (Å²) in [6.45, 7) is 2.34. The van der Waals surface area contributed by atoms with Crippen molar-refractivity contribution in [3.63, 3.8) is 0 Å². The molecule has 0 spiro atoms. The number of aromatic nitrogens is 2. The third-order valence-electron chi connectivity index (χ3n) is 7.19. The van der Waals surface area contributed by atoms with Crippen LogP contribution in [0.4, 0.5) is 24.7 Å². The summed E-state index contributed by atoms with van der Waals surface area (Å²) < 4.78 is 41.5. The lowest BCUT2D eigenvalue weighted by Crippen LogP contribution is -2.37. The van der Waals surface area contributed by atoms with Crippen molar-refractivity contribution in [2.45, 2.75) is 31.5 Å². The smallest absolute Gasteiger partial charge is 0.406 e. The summed E-state index contributed by atoms with van der Waals surface area (Å²) in [6, 6.07) is 16.7. The SMILES string of the molecule is O=C(Nc1ccc(C2CCN(C(=O)c3cccc(OC(F)(F)F)c3)CC2)cc1)C1CCN(c2cccnn2)C1. The van der Waals surface area contributed by atoms with E-state index in [0.29, 0.717) is 19.6 Å². The highest BCUT2D eigenvalue weighted by Crippen LogP contribution is 2.31. The van der Waals surface area contributed by atoms with E-state index in [1.165, 1.54) is 18.2 Å².